The Hall–Kier alpha value is -2.56. The summed E-state index contributed by atoms with van der Waals surface area (Å²) < 4.78 is 39.7. The van der Waals surface area contributed by atoms with Crippen molar-refractivity contribution in [2.75, 3.05) is 26.4 Å². The van der Waals surface area contributed by atoms with Crippen LogP contribution in [0.15, 0.2) is 48.6 Å². The zero-order valence-electron chi connectivity index (χ0n) is 50.6. The molecule has 11 nitrogen and oxygen atoms in total. The number of aliphatic hydroxyl groups is 1. The molecule has 0 radical (unpaired) electrons. The van der Waals surface area contributed by atoms with Crippen LogP contribution in [0.25, 0.3) is 0 Å². The third kappa shape index (κ3) is 58.1. The first-order chi connectivity index (χ1) is 38.2. The molecule has 0 saturated heterocycles. The summed E-state index contributed by atoms with van der Waals surface area (Å²) in [4.78, 5) is 48.7. The van der Waals surface area contributed by atoms with E-state index < -0.39 is 57.8 Å². The first kappa shape index (κ1) is 75.4. The van der Waals surface area contributed by atoms with Crippen LogP contribution in [0.4, 0.5) is 0 Å². The first-order valence-corrected chi connectivity index (χ1v) is 34.0. The maximum Gasteiger partial charge on any atom is 0.472 e. The van der Waals surface area contributed by atoms with Crippen LogP contribution < -0.4 is 0 Å². The maximum absolute atomic E-state index is 13.0. The van der Waals surface area contributed by atoms with Gasteiger partial charge in [0.2, 0.25) is 0 Å². The van der Waals surface area contributed by atoms with E-state index in [0.717, 1.165) is 89.9 Å². The summed E-state index contributed by atoms with van der Waals surface area (Å²) >= 11 is 0. The summed E-state index contributed by atoms with van der Waals surface area (Å²) in [5, 5.41) is 9.85. The van der Waals surface area contributed by atoms with E-state index in [2.05, 4.69) is 69.4 Å². The number of allylic oxidation sites excluding steroid dienone is 8. The lowest BCUT2D eigenvalue weighted by Gasteiger charge is -2.21. The van der Waals surface area contributed by atoms with Gasteiger partial charge in [0.1, 0.15) is 12.7 Å². The summed E-state index contributed by atoms with van der Waals surface area (Å²) in [6, 6.07) is 0. The molecule has 0 rings (SSSR count). The highest BCUT2D eigenvalue weighted by atomic mass is 31.2. The number of esters is 3. The molecule has 0 amide bonds. The van der Waals surface area contributed by atoms with Crippen molar-refractivity contribution in [3.8, 4) is 0 Å². The van der Waals surface area contributed by atoms with Crippen molar-refractivity contribution < 1.29 is 52.2 Å². The summed E-state index contributed by atoms with van der Waals surface area (Å²) in [6.07, 6.45) is 66.3. The van der Waals surface area contributed by atoms with Gasteiger partial charge in [-0.05, 0) is 57.8 Å². The molecule has 0 aromatic rings. The van der Waals surface area contributed by atoms with Gasteiger partial charge in [-0.2, -0.15) is 0 Å². The summed E-state index contributed by atoms with van der Waals surface area (Å²) in [7, 11) is -4.76. The van der Waals surface area contributed by atoms with Crippen LogP contribution in [0.1, 0.15) is 316 Å². The quantitative estimate of drug-likeness (QED) is 0.0197. The minimum atomic E-state index is -4.76. The van der Waals surface area contributed by atoms with E-state index >= 15 is 0 Å². The fraction of sp³-hybridized carbons (Fsp3) is 0.833. The van der Waals surface area contributed by atoms with Gasteiger partial charge >= 0.3 is 25.7 Å². The molecule has 0 fully saturated rings. The largest absolute Gasteiger partial charge is 0.472 e. The van der Waals surface area contributed by atoms with Crippen molar-refractivity contribution in [1.29, 1.82) is 0 Å². The topological polar surface area (TPSA) is 155 Å². The van der Waals surface area contributed by atoms with Gasteiger partial charge in [-0.25, -0.2) is 4.57 Å². The van der Waals surface area contributed by atoms with Crippen LogP contribution in [0.5, 0.6) is 0 Å². The summed E-state index contributed by atoms with van der Waals surface area (Å²) in [5.74, 6) is -1.46. The van der Waals surface area contributed by atoms with Crippen molar-refractivity contribution in [3.63, 3.8) is 0 Å². The normalized spacial score (nSPS) is 13.6. The van der Waals surface area contributed by atoms with Gasteiger partial charge in [-0.1, -0.05) is 288 Å². The van der Waals surface area contributed by atoms with Crippen LogP contribution in [-0.2, 0) is 42.2 Å². The zero-order chi connectivity index (χ0) is 56.9. The smallest absolute Gasteiger partial charge is 0.462 e. The Labute approximate surface area is 479 Å². The fourth-order valence-corrected chi connectivity index (χ4v) is 10.1. The number of rotatable bonds is 61. The second kappa shape index (κ2) is 60.5. The number of ether oxygens (including phenoxy) is 3. The predicted molar refractivity (Wildman–Crippen MR) is 325 cm³/mol. The Morgan fingerprint density at radius 2 is 0.667 bits per heavy atom. The SMILES string of the molecule is CC/C=C\C/C=C\C/C=C\C/C=C\CCCCCCC(=O)OC(CO)COP(=O)(O)OCC(COC(=O)CCCCCCCCCCCCCCCCC)OC(=O)CCCCCCCCCCCCCCCCCCCCC. The molecule has 0 aromatic carbocycles. The number of unbranched alkanes of at least 4 members (excludes halogenated alkanes) is 36. The second-order valence-corrected chi connectivity index (χ2v) is 23.4. The van der Waals surface area contributed by atoms with Crippen molar-refractivity contribution in [2.45, 2.75) is 328 Å². The zero-order valence-corrected chi connectivity index (χ0v) is 51.5. The van der Waals surface area contributed by atoms with Crippen molar-refractivity contribution in [2.24, 2.45) is 0 Å². The average molecular weight is 1120 g/mol. The van der Waals surface area contributed by atoms with Crippen molar-refractivity contribution in [3.05, 3.63) is 48.6 Å². The van der Waals surface area contributed by atoms with Gasteiger partial charge < -0.3 is 24.2 Å². The van der Waals surface area contributed by atoms with Crippen LogP contribution in [-0.4, -0.2) is 66.5 Å². The Morgan fingerprint density at radius 1 is 0.372 bits per heavy atom. The molecule has 3 atom stereocenters. The molecular formula is C66H121O11P. The summed E-state index contributed by atoms with van der Waals surface area (Å²) in [6.45, 7) is 4.58. The Morgan fingerprint density at radius 3 is 1.03 bits per heavy atom. The van der Waals surface area contributed by atoms with Crippen LogP contribution >= 0.6 is 7.82 Å². The van der Waals surface area contributed by atoms with Gasteiger partial charge in [0, 0.05) is 19.3 Å². The molecule has 3 unspecified atom stereocenters. The number of hydrogen-bond donors (Lipinski definition) is 2. The average Bonchev–Trinajstić information content (AvgIpc) is 3.43. The van der Waals surface area contributed by atoms with Gasteiger partial charge in [0.25, 0.3) is 0 Å². The van der Waals surface area contributed by atoms with Gasteiger partial charge in [-0.3, -0.25) is 23.4 Å². The van der Waals surface area contributed by atoms with E-state index in [1.54, 1.807) is 0 Å². The molecular weight excluding hydrogens is 1000 g/mol. The predicted octanol–water partition coefficient (Wildman–Crippen LogP) is 19.7. The van der Waals surface area contributed by atoms with E-state index in [9.17, 15) is 28.9 Å². The third-order valence-electron chi connectivity index (χ3n) is 14.3. The number of carbonyl (C=O) groups excluding carboxylic acids is 3. The lowest BCUT2D eigenvalue weighted by Crippen LogP contribution is -2.30. The van der Waals surface area contributed by atoms with Crippen molar-refractivity contribution in [1.82, 2.24) is 0 Å². The number of phosphoric ester groups is 1. The van der Waals surface area contributed by atoms with E-state index in [4.69, 9.17) is 23.3 Å². The molecule has 456 valence electrons. The Balaban J connectivity index is 4.67. The molecule has 0 aliphatic rings. The van der Waals surface area contributed by atoms with Crippen LogP contribution in [0.3, 0.4) is 0 Å². The highest BCUT2D eigenvalue weighted by Crippen LogP contribution is 2.43. The van der Waals surface area contributed by atoms with E-state index in [0.29, 0.717) is 19.3 Å². The van der Waals surface area contributed by atoms with Gasteiger partial charge in [0.15, 0.2) is 6.10 Å². The first-order valence-electron chi connectivity index (χ1n) is 32.5. The Bertz CT molecular complexity index is 1490. The highest BCUT2D eigenvalue weighted by Gasteiger charge is 2.28. The number of hydrogen-bond acceptors (Lipinski definition) is 10. The van der Waals surface area contributed by atoms with Gasteiger partial charge in [-0.15, -0.1) is 0 Å². The molecule has 0 saturated carbocycles. The van der Waals surface area contributed by atoms with Crippen molar-refractivity contribution >= 4 is 25.7 Å². The van der Waals surface area contributed by atoms with Crippen LogP contribution in [0, 0.1) is 0 Å². The van der Waals surface area contributed by atoms with Gasteiger partial charge in [0.05, 0.1) is 19.8 Å². The molecule has 78 heavy (non-hydrogen) atoms. The lowest BCUT2D eigenvalue weighted by atomic mass is 10.0. The van der Waals surface area contributed by atoms with E-state index in [1.807, 2.05) is 0 Å². The lowest BCUT2D eigenvalue weighted by molar-refractivity contribution is -0.161. The number of aliphatic hydroxyl groups excluding tert-OH is 1. The molecule has 2 N–H and O–H groups in total. The molecule has 0 heterocycles. The minimum Gasteiger partial charge on any atom is -0.462 e. The molecule has 0 aliphatic heterocycles. The summed E-state index contributed by atoms with van der Waals surface area (Å²) in [5.41, 5.74) is 0. The highest BCUT2D eigenvalue weighted by molar-refractivity contribution is 7.47. The number of phosphoric acid groups is 1. The second-order valence-electron chi connectivity index (χ2n) is 21.9. The van der Waals surface area contributed by atoms with Crippen LogP contribution in [0.2, 0.25) is 0 Å². The molecule has 0 aliphatic carbocycles. The standard InChI is InChI=1S/C66H121O11P/c1-4-7-10-13-16-19-22-25-28-30-31-33-36-39-42-45-48-51-54-57-66(70)77-63(59-73-64(68)55-52-49-46-43-40-37-34-27-24-21-18-15-12-9-6-3)61-75-78(71,72)74-60-62(58-67)76-65(69)56-53-50-47-44-41-38-35-32-29-26-23-20-17-14-11-8-5-2/h8,11,17,20,26,29,35,38,62-63,67H,4-7,9-10,12-16,18-19,21-25,27-28,30-34,36-37,39-61H2,1-3H3,(H,71,72)/b11-8-,20-17-,29-26-,38-35-. The molecule has 0 bridgehead atoms. The number of carbonyl (C=O) groups is 3. The molecule has 0 aromatic heterocycles. The maximum atomic E-state index is 13.0. The van der Waals surface area contributed by atoms with E-state index in [-0.39, 0.29) is 25.9 Å². The fourth-order valence-electron chi connectivity index (χ4n) is 9.35. The minimum absolute atomic E-state index is 0.151. The monoisotopic (exact) mass is 1120 g/mol. The Kier molecular flexibility index (Phi) is 58.5. The van der Waals surface area contributed by atoms with E-state index in [1.165, 1.54) is 167 Å². The third-order valence-corrected chi connectivity index (χ3v) is 15.2. The molecule has 0 spiro atoms. The molecule has 12 heteroatoms.